The van der Waals surface area contributed by atoms with Crippen molar-refractivity contribution in [3.8, 4) is 11.5 Å². The molecule has 0 aliphatic rings. The highest BCUT2D eigenvalue weighted by molar-refractivity contribution is 6.40. The van der Waals surface area contributed by atoms with Gasteiger partial charge in [-0.1, -0.05) is 46.9 Å². The standard InChI is InChI=1S/C13H8Cl3O/c1-8-2-4-10(5-3-8)17-13-11(15)6-9(14)7-12(13)16/h2-7H,1H2. The molecule has 2 aromatic carbocycles. The summed E-state index contributed by atoms with van der Waals surface area (Å²) >= 11 is 17.8. The van der Waals surface area contributed by atoms with E-state index in [4.69, 9.17) is 39.5 Å². The van der Waals surface area contributed by atoms with E-state index < -0.39 is 0 Å². The van der Waals surface area contributed by atoms with Crippen molar-refractivity contribution in [3.05, 3.63) is 64.0 Å². The Labute approximate surface area is 115 Å². The molecule has 0 atom stereocenters. The summed E-state index contributed by atoms with van der Waals surface area (Å²) in [4.78, 5) is 0. The number of hydrogen-bond acceptors (Lipinski definition) is 1. The van der Waals surface area contributed by atoms with E-state index in [1.807, 2.05) is 12.1 Å². The van der Waals surface area contributed by atoms with Crippen LogP contribution in [0.1, 0.15) is 5.56 Å². The molecule has 1 radical (unpaired) electrons. The molecule has 0 heterocycles. The largest absolute Gasteiger partial charge is 0.454 e. The highest BCUT2D eigenvalue weighted by atomic mass is 35.5. The van der Waals surface area contributed by atoms with Crippen LogP contribution in [0.3, 0.4) is 0 Å². The third kappa shape index (κ3) is 3.06. The SMILES string of the molecule is [CH2]c1ccc(Oc2c(Cl)cc(Cl)cc2Cl)cc1. The van der Waals surface area contributed by atoms with E-state index in [1.54, 1.807) is 24.3 Å². The Balaban J connectivity index is 2.33. The van der Waals surface area contributed by atoms with Gasteiger partial charge in [0.15, 0.2) is 5.75 Å². The van der Waals surface area contributed by atoms with E-state index in [0.29, 0.717) is 26.6 Å². The molecule has 0 fully saturated rings. The Morgan fingerprint density at radius 2 is 1.41 bits per heavy atom. The molecule has 0 saturated carbocycles. The Morgan fingerprint density at radius 1 is 0.882 bits per heavy atom. The van der Waals surface area contributed by atoms with Gasteiger partial charge in [-0.25, -0.2) is 0 Å². The highest BCUT2D eigenvalue weighted by Gasteiger charge is 2.10. The van der Waals surface area contributed by atoms with Crippen LogP contribution in [0.4, 0.5) is 0 Å². The minimum atomic E-state index is 0.376. The summed E-state index contributed by atoms with van der Waals surface area (Å²) in [5.41, 5.74) is 0.908. The predicted molar refractivity (Wildman–Crippen MR) is 72.4 cm³/mol. The molecule has 1 nitrogen and oxygen atoms in total. The lowest BCUT2D eigenvalue weighted by Gasteiger charge is -2.10. The van der Waals surface area contributed by atoms with Gasteiger partial charge in [0.1, 0.15) is 5.75 Å². The maximum Gasteiger partial charge on any atom is 0.164 e. The summed E-state index contributed by atoms with van der Waals surface area (Å²) in [5.74, 6) is 1.04. The summed E-state index contributed by atoms with van der Waals surface area (Å²) < 4.78 is 5.60. The number of rotatable bonds is 2. The molecular weight excluding hydrogens is 279 g/mol. The molecule has 0 N–H and O–H groups in total. The van der Waals surface area contributed by atoms with Gasteiger partial charge in [0.2, 0.25) is 0 Å². The van der Waals surface area contributed by atoms with Crippen LogP contribution in [0.2, 0.25) is 15.1 Å². The molecule has 17 heavy (non-hydrogen) atoms. The van der Waals surface area contributed by atoms with Gasteiger partial charge in [-0.2, -0.15) is 0 Å². The number of ether oxygens (including phenoxy) is 1. The fourth-order valence-corrected chi connectivity index (χ4v) is 2.20. The van der Waals surface area contributed by atoms with Crippen LogP contribution in [0.15, 0.2) is 36.4 Å². The first-order chi connectivity index (χ1) is 8.06. The van der Waals surface area contributed by atoms with Crippen LogP contribution < -0.4 is 4.74 Å². The smallest absolute Gasteiger partial charge is 0.164 e. The van der Waals surface area contributed by atoms with E-state index in [9.17, 15) is 0 Å². The maximum atomic E-state index is 6.01. The van der Waals surface area contributed by atoms with Crippen LogP contribution in [0.25, 0.3) is 0 Å². The zero-order valence-electron chi connectivity index (χ0n) is 8.71. The monoisotopic (exact) mass is 285 g/mol. The van der Waals surface area contributed by atoms with Crippen LogP contribution in [-0.4, -0.2) is 0 Å². The van der Waals surface area contributed by atoms with Crippen molar-refractivity contribution in [1.82, 2.24) is 0 Å². The number of benzene rings is 2. The van der Waals surface area contributed by atoms with Gasteiger partial charge >= 0.3 is 0 Å². The average molecular weight is 287 g/mol. The van der Waals surface area contributed by atoms with Gasteiger partial charge in [-0.05, 0) is 36.8 Å². The highest BCUT2D eigenvalue weighted by Crippen LogP contribution is 2.38. The van der Waals surface area contributed by atoms with E-state index in [2.05, 4.69) is 6.92 Å². The quantitative estimate of drug-likeness (QED) is 0.696. The van der Waals surface area contributed by atoms with Gasteiger partial charge in [-0.15, -0.1) is 0 Å². The fraction of sp³-hybridized carbons (Fsp3) is 0. The summed E-state index contributed by atoms with van der Waals surface area (Å²) in [6, 6.07) is 10.4. The Hall–Kier alpha value is -0.890. The van der Waals surface area contributed by atoms with Crippen molar-refractivity contribution in [3.63, 3.8) is 0 Å². The summed E-state index contributed by atoms with van der Waals surface area (Å²) in [6.07, 6.45) is 0. The van der Waals surface area contributed by atoms with Gasteiger partial charge in [0, 0.05) is 5.02 Å². The third-order valence-electron chi connectivity index (χ3n) is 2.11. The van der Waals surface area contributed by atoms with Gasteiger partial charge in [-0.3, -0.25) is 0 Å². The van der Waals surface area contributed by atoms with E-state index >= 15 is 0 Å². The lowest BCUT2D eigenvalue weighted by Crippen LogP contribution is -1.87. The zero-order chi connectivity index (χ0) is 12.4. The van der Waals surface area contributed by atoms with Crippen molar-refractivity contribution in [1.29, 1.82) is 0 Å². The Bertz CT molecular complexity index is 512. The van der Waals surface area contributed by atoms with Gasteiger partial charge in [0.05, 0.1) is 10.0 Å². The van der Waals surface area contributed by atoms with Gasteiger partial charge < -0.3 is 4.74 Å². The molecule has 0 aromatic heterocycles. The Kier molecular flexibility index (Phi) is 3.82. The molecule has 0 unspecified atom stereocenters. The molecule has 0 aliphatic heterocycles. The first-order valence-corrected chi connectivity index (χ1v) is 5.94. The number of hydrogen-bond donors (Lipinski definition) is 0. The lowest BCUT2D eigenvalue weighted by molar-refractivity contribution is 0.483. The van der Waals surface area contributed by atoms with Crippen LogP contribution in [0.5, 0.6) is 11.5 Å². The van der Waals surface area contributed by atoms with Crippen molar-refractivity contribution in [2.75, 3.05) is 0 Å². The zero-order valence-corrected chi connectivity index (χ0v) is 11.0. The van der Waals surface area contributed by atoms with Crippen LogP contribution in [0, 0.1) is 6.92 Å². The second-order valence-corrected chi connectivity index (χ2v) is 4.70. The summed E-state index contributed by atoms with van der Waals surface area (Å²) in [6.45, 7) is 3.79. The van der Waals surface area contributed by atoms with E-state index in [0.717, 1.165) is 5.56 Å². The molecule has 2 rings (SSSR count). The molecule has 4 heteroatoms. The first-order valence-electron chi connectivity index (χ1n) is 4.80. The van der Waals surface area contributed by atoms with E-state index in [-0.39, 0.29) is 0 Å². The lowest BCUT2D eigenvalue weighted by atomic mass is 10.2. The molecule has 0 spiro atoms. The molecule has 87 valence electrons. The van der Waals surface area contributed by atoms with E-state index in [1.165, 1.54) is 0 Å². The predicted octanol–water partition coefficient (Wildman–Crippen LogP) is 5.62. The van der Waals surface area contributed by atoms with Crippen LogP contribution in [-0.2, 0) is 0 Å². The fourth-order valence-electron chi connectivity index (χ4n) is 1.30. The van der Waals surface area contributed by atoms with Crippen molar-refractivity contribution < 1.29 is 4.74 Å². The molecule has 0 aliphatic carbocycles. The molecule has 0 bridgehead atoms. The second-order valence-electron chi connectivity index (χ2n) is 3.44. The number of halogens is 3. The Morgan fingerprint density at radius 3 is 1.94 bits per heavy atom. The van der Waals surface area contributed by atoms with Crippen molar-refractivity contribution in [2.45, 2.75) is 0 Å². The first kappa shape index (κ1) is 12.6. The second kappa shape index (κ2) is 5.18. The van der Waals surface area contributed by atoms with Gasteiger partial charge in [0.25, 0.3) is 0 Å². The summed E-state index contributed by atoms with van der Waals surface area (Å²) in [5, 5.41) is 1.22. The summed E-state index contributed by atoms with van der Waals surface area (Å²) in [7, 11) is 0. The van der Waals surface area contributed by atoms with Crippen molar-refractivity contribution >= 4 is 34.8 Å². The normalized spacial score (nSPS) is 10.4. The minimum absolute atomic E-state index is 0.376. The molecule has 0 saturated heterocycles. The van der Waals surface area contributed by atoms with Crippen molar-refractivity contribution in [2.24, 2.45) is 0 Å². The molecule has 2 aromatic rings. The molecule has 0 amide bonds. The average Bonchev–Trinajstić information content (AvgIpc) is 2.26. The minimum Gasteiger partial charge on any atom is -0.454 e. The third-order valence-corrected chi connectivity index (χ3v) is 2.89. The van der Waals surface area contributed by atoms with Crippen LogP contribution >= 0.6 is 34.8 Å². The maximum absolute atomic E-state index is 6.01. The topological polar surface area (TPSA) is 9.23 Å². The molecular formula is C13H8Cl3O.